The third kappa shape index (κ3) is 3.83. The van der Waals surface area contributed by atoms with Gasteiger partial charge in [0, 0.05) is 12.6 Å². The number of hydrogen-bond acceptors (Lipinski definition) is 4. The number of halogens is 1. The van der Waals surface area contributed by atoms with Crippen molar-refractivity contribution in [1.82, 2.24) is 9.97 Å². The molecule has 0 aliphatic rings. The zero-order chi connectivity index (χ0) is 17.1. The van der Waals surface area contributed by atoms with Crippen LogP contribution in [0.5, 0.6) is 0 Å². The average Bonchev–Trinajstić information content (AvgIpc) is 2.92. The van der Waals surface area contributed by atoms with Crippen molar-refractivity contribution in [2.24, 2.45) is 0 Å². The van der Waals surface area contributed by atoms with E-state index in [4.69, 9.17) is 0 Å². The second kappa shape index (κ2) is 6.88. The zero-order valence-corrected chi connectivity index (χ0v) is 14.2. The van der Waals surface area contributed by atoms with E-state index in [1.54, 1.807) is 24.4 Å². The van der Waals surface area contributed by atoms with Crippen LogP contribution in [0.4, 0.5) is 10.2 Å². The first kappa shape index (κ1) is 16.3. The molecule has 0 aliphatic carbocycles. The highest BCUT2D eigenvalue weighted by atomic mass is 32.1. The number of nitrogens with one attached hydrogen (secondary N) is 1. The molecule has 0 spiro atoms. The summed E-state index contributed by atoms with van der Waals surface area (Å²) in [4.78, 5) is 21.6. The predicted molar refractivity (Wildman–Crippen MR) is 93.0 cm³/mol. The quantitative estimate of drug-likeness (QED) is 0.776. The van der Waals surface area contributed by atoms with Gasteiger partial charge in [-0.15, -0.1) is 11.3 Å². The molecule has 1 aromatic carbocycles. The molecule has 0 saturated carbocycles. The van der Waals surface area contributed by atoms with Crippen molar-refractivity contribution in [1.29, 1.82) is 0 Å². The Morgan fingerprint density at radius 1 is 1.17 bits per heavy atom. The van der Waals surface area contributed by atoms with Crippen LogP contribution in [-0.4, -0.2) is 15.9 Å². The number of anilines is 1. The number of nitrogens with zero attached hydrogens (tertiary/aromatic N) is 2. The largest absolute Gasteiger partial charge is 0.306 e. The van der Waals surface area contributed by atoms with Gasteiger partial charge in [-0.2, -0.15) is 0 Å². The summed E-state index contributed by atoms with van der Waals surface area (Å²) in [6.45, 7) is 3.75. The van der Waals surface area contributed by atoms with E-state index in [-0.39, 0.29) is 11.7 Å². The van der Waals surface area contributed by atoms with Crippen molar-refractivity contribution in [2.45, 2.75) is 20.3 Å². The Hall–Kier alpha value is -2.60. The van der Waals surface area contributed by atoms with Gasteiger partial charge in [0.25, 0.3) is 5.91 Å². The number of thiazole rings is 1. The Kier molecular flexibility index (Phi) is 4.66. The predicted octanol–water partition coefficient (Wildman–Crippen LogP) is 4.14. The summed E-state index contributed by atoms with van der Waals surface area (Å²) in [5, 5.41) is 3.60. The first-order chi connectivity index (χ1) is 11.5. The Labute approximate surface area is 143 Å². The second-order valence-corrected chi connectivity index (χ2v) is 6.58. The number of pyridine rings is 1. The van der Waals surface area contributed by atoms with E-state index < -0.39 is 0 Å². The highest BCUT2D eigenvalue weighted by molar-refractivity contribution is 7.14. The van der Waals surface area contributed by atoms with Crippen LogP contribution in [0.3, 0.4) is 0 Å². The lowest BCUT2D eigenvalue weighted by molar-refractivity contribution is 0.102. The fourth-order valence-corrected chi connectivity index (χ4v) is 3.22. The maximum atomic E-state index is 13.0. The van der Waals surface area contributed by atoms with Gasteiger partial charge in [-0.05, 0) is 43.2 Å². The zero-order valence-electron chi connectivity index (χ0n) is 13.3. The van der Waals surface area contributed by atoms with E-state index in [1.165, 1.54) is 23.5 Å². The summed E-state index contributed by atoms with van der Waals surface area (Å²) in [5.74, 6) is 0.0323. The van der Waals surface area contributed by atoms with Crippen LogP contribution in [0.15, 0.2) is 42.6 Å². The molecule has 2 aromatic heterocycles. The fourth-order valence-electron chi connectivity index (χ4n) is 2.23. The molecular weight excluding hydrogens is 325 g/mol. The number of aromatic nitrogens is 2. The molecule has 0 saturated heterocycles. The molecule has 2 heterocycles. The van der Waals surface area contributed by atoms with Crippen molar-refractivity contribution in [3.05, 3.63) is 75.1 Å². The first-order valence-electron chi connectivity index (χ1n) is 7.46. The summed E-state index contributed by atoms with van der Waals surface area (Å²) in [6.07, 6.45) is 2.27. The standard InChI is InChI=1S/C18H16FN3OS/c1-11-3-8-15(20-10-11)22-18(23)17-12(2)21-16(24-17)9-13-4-6-14(19)7-5-13/h3-8,10H,9H2,1-2H3,(H,20,22,23). The second-order valence-electron chi connectivity index (χ2n) is 5.50. The van der Waals surface area contributed by atoms with Gasteiger partial charge in [0.2, 0.25) is 0 Å². The maximum Gasteiger partial charge on any atom is 0.268 e. The van der Waals surface area contributed by atoms with Crippen molar-refractivity contribution >= 4 is 23.1 Å². The lowest BCUT2D eigenvalue weighted by Crippen LogP contribution is -2.12. The molecule has 24 heavy (non-hydrogen) atoms. The van der Waals surface area contributed by atoms with E-state index in [0.717, 1.165) is 16.1 Å². The Morgan fingerprint density at radius 2 is 1.92 bits per heavy atom. The third-order valence-electron chi connectivity index (χ3n) is 3.47. The summed E-state index contributed by atoms with van der Waals surface area (Å²) in [7, 11) is 0. The lowest BCUT2D eigenvalue weighted by atomic mass is 10.1. The van der Waals surface area contributed by atoms with Gasteiger partial charge in [0.05, 0.1) is 10.7 Å². The van der Waals surface area contributed by atoms with E-state index >= 15 is 0 Å². The highest BCUT2D eigenvalue weighted by Crippen LogP contribution is 2.22. The molecule has 0 aliphatic heterocycles. The van der Waals surface area contributed by atoms with Crippen LogP contribution >= 0.6 is 11.3 Å². The van der Waals surface area contributed by atoms with Crippen molar-refractivity contribution < 1.29 is 9.18 Å². The molecule has 0 bridgehead atoms. The average molecular weight is 341 g/mol. The van der Waals surface area contributed by atoms with Crippen LogP contribution in [0, 0.1) is 19.7 Å². The molecular formula is C18H16FN3OS. The molecule has 0 atom stereocenters. The number of carbonyl (C=O) groups excluding carboxylic acids is 1. The minimum atomic E-state index is -0.264. The molecule has 6 heteroatoms. The minimum Gasteiger partial charge on any atom is -0.306 e. The van der Waals surface area contributed by atoms with Crippen molar-refractivity contribution in [3.63, 3.8) is 0 Å². The number of benzene rings is 1. The van der Waals surface area contributed by atoms with Crippen molar-refractivity contribution in [2.75, 3.05) is 5.32 Å². The van der Waals surface area contributed by atoms with E-state index in [0.29, 0.717) is 22.8 Å². The van der Waals surface area contributed by atoms with Gasteiger partial charge in [0.15, 0.2) is 0 Å². The van der Waals surface area contributed by atoms with Crippen LogP contribution < -0.4 is 5.32 Å². The monoisotopic (exact) mass is 341 g/mol. The van der Waals surface area contributed by atoms with Gasteiger partial charge >= 0.3 is 0 Å². The van der Waals surface area contributed by atoms with E-state index in [9.17, 15) is 9.18 Å². The molecule has 4 nitrogen and oxygen atoms in total. The molecule has 0 unspecified atom stereocenters. The number of rotatable bonds is 4. The number of carbonyl (C=O) groups is 1. The number of hydrogen-bond donors (Lipinski definition) is 1. The maximum absolute atomic E-state index is 13.0. The number of aryl methyl sites for hydroxylation is 2. The van der Waals surface area contributed by atoms with Gasteiger partial charge in [-0.25, -0.2) is 14.4 Å². The molecule has 3 rings (SSSR count). The normalized spacial score (nSPS) is 10.6. The van der Waals surface area contributed by atoms with E-state index in [2.05, 4.69) is 15.3 Å². The van der Waals surface area contributed by atoms with E-state index in [1.807, 2.05) is 19.9 Å². The number of amides is 1. The molecule has 0 fully saturated rings. The van der Waals surface area contributed by atoms with Crippen LogP contribution in [0.2, 0.25) is 0 Å². The lowest BCUT2D eigenvalue weighted by Gasteiger charge is -2.03. The Bertz CT molecular complexity index is 857. The molecule has 1 N–H and O–H groups in total. The van der Waals surface area contributed by atoms with Gasteiger partial charge in [-0.1, -0.05) is 18.2 Å². The van der Waals surface area contributed by atoms with Crippen molar-refractivity contribution in [3.8, 4) is 0 Å². The van der Waals surface area contributed by atoms with Gasteiger partial charge in [-0.3, -0.25) is 4.79 Å². The molecule has 1 amide bonds. The molecule has 0 radical (unpaired) electrons. The van der Waals surface area contributed by atoms with Crippen LogP contribution in [0.25, 0.3) is 0 Å². The first-order valence-corrected chi connectivity index (χ1v) is 8.27. The summed E-state index contributed by atoms with van der Waals surface area (Å²) in [5.41, 5.74) is 2.67. The summed E-state index contributed by atoms with van der Waals surface area (Å²) in [6, 6.07) is 9.95. The topological polar surface area (TPSA) is 54.9 Å². The van der Waals surface area contributed by atoms with Crippen LogP contribution in [0.1, 0.15) is 31.5 Å². The highest BCUT2D eigenvalue weighted by Gasteiger charge is 2.16. The fraction of sp³-hybridized carbons (Fsp3) is 0.167. The SMILES string of the molecule is Cc1ccc(NC(=O)c2sc(Cc3ccc(F)cc3)nc2C)nc1. The Balaban J connectivity index is 1.74. The van der Waals surface area contributed by atoms with Gasteiger partial charge < -0.3 is 5.32 Å². The van der Waals surface area contributed by atoms with Crippen LogP contribution in [-0.2, 0) is 6.42 Å². The van der Waals surface area contributed by atoms with Gasteiger partial charge in [0.1, 0.15) is 16.5 Å². The summed E-state index contributed by atoms with van der Waals surface area (Å²) < 4.78 is 13.0. The molecule has 122 valence electrons. The Morgan fingerprint density at radius 3 is 2.58 bits per heavy atom. The smallest absolute Gasteiger partial charge is 0.268 e. The molecule has 3 aromatic rings. The minimum absolute atomic E-state index is 0.216. The summed E-state index contributed by atoms with van der Waals surface area (Å²) >= 11 is 1.34. The third-order valence-corrected chi connectivity index (χ3v) is 4.62.